The van der Waals surface area contributed by atoms with Gasteiger partial charge in [-0.1, -0.05) is 11.3 Å². The minimum Gasteiger partial charge on any atom is -0.334 e. The summed E-state index contributed by atoms with van der Waals surface area (Å²) in [5.41, 5.74) is 0. The summed E-state index contributed by atoms with van der Waals surface area (Å²) in [7, 11) is 0. The molecule has 0 amide bonds. The van der Waals surface area contributed by atoms with E-state index in [-0.39, 0.29) is 4.87 Å². The Bertz CT molecular complexity index is 468. The van der Waals surface area contributed by atoms with E-state index >= 15 is 0 Å². The van der Waals surface area contributed by atoms with Gasteiger partial charge in [-0.05, 0) is 6.92 Å². The van der Waals surface area contributed by atoms with Gasteiger partial charge in [-0.15, -0.1) is 0 Å². The Morgan fingerprint density at radius 2 is 2.29 bits per heavy atom. The van der Waals surface area contributed by atoms with Crippen LogP contribution in [0.15, 0.2) is 28.8 Å². The molecule has 0 atom stereocenters. The molecule has 2 heterocycles. The summed E-state index contributed by atoms with van der Waals surface area (Å²) in [6, 6.07) is 0. The van der Waals surface area contributed by atoms with Gasteiger partial charge in [0, 0.05) is 30.5 Å². The van der Waals surface area contributed by atoms with Crippen molar-refractivity contribution < 1.29 is 0 Å². The zero-order chi connectivity index (χ0) is 9.97. The summed E-state index contributed by atoms with van der Waals surface area (Å²) in [5.74, 6) is 0.924. The highest BCUT2D eigenvalue weighted by Gasteiger charge is 2.03. The van der Waals surface area contributed by atoms with Crippen LogP contribution in [0, 0.1) is 0 Å². The van der Waals surface area contributed by atoms with E-state index in [0.29, 0.717) is 6.54 Å². The summed E-state index contributed by atoms with van der Waals surface area (Å²) in [6.07, 6.45) is 5.48. The molecule has 0 aromatic carbocycles. The van der Waals surface area contributed by atoms with Crippen LogP contribution in [-0.4, -0.2) is 14.1 Å². The van der Waals surface area contributed by atoms with Crippen LogP contribution in [-0.2, 0) is 13.1 Å². The van der Waals surface area contributed by atoms with Gasteiger partial charge in [-0.25, -0.2) is 4.98 Å². The quantitative estimate of drug-likeness (QED) is 0.761. The maximum atomic E-state index is 11.3. The molecule has 0 aliphatic rings. The smallest absolute Gasteiger partial charge is 0.307 e. The first-order valence-corrected chi connectivity index (χ1v) is 5.33. The molecule has 0 saturated heterocycles. The number of thiazole rings is 1. The van der Waals surface area contributed by atoms with E-state index in [1.165, 1.54) is 11.3 Å². The maximum absolute atomic E-state index is 11.3. The van der Waals surface area contributed by atoms with Gasteiger partial charge in [-0.3, -0.25) is 9.36 Å². The van der Waals surface area contributed by atoms with Crippen molar-refractivity contribution in [3.8, 4) is 0 Å². The van der Waals surface area contributed by atoms with Crippen molar-refractivity contribution in [3.63, 3.8) is 0 Å². The van der Waals surface area contributed by atoms with Gasteiger partial charge in [0.1, 0.15) is 5.82 Å². The minimum absolute atomic E-state index is 0.0654. The number of hydrogen-bond acceptors (Lipinski definition) is 3. The van der Waals surface area contributed by atoms with Crippen molar-refractivity contribution >= 4 is 11.3 Å². The first-order chi connectivity index (χ1) is 6.81. The Morgan fingerprint density at radius 1 is 1.43 bits per heavy atom. The number of rotatable bonds is 3. The fraction of sp³-hybridized carbons (Fsp3) is 0.333. The lowest BCUT2D eigenvalue weighted by molar-refractivity contribution is 0.646. The molecule has 0 unspecified atom stereocenters. The zero-order valence-electron chi connectivity index (χ0n) is 7.88. The van der Waals surface area contributed by atoms with Crippen molar-refractivity contribution in [2.75, 3.05) is 0 Å². The highest BCUT2D eigenvalue weighted by molar-refractivity contribution is 7.07. The summed E-state index contributed by atoms with van der Waals surface area (Å²) >= 11 is 1.21. The third-order valence-electron chi connectivity index (χ3n) is 2.10. The number of imidazole rings is 1. The van der Waals surface area contributed by atoms with Crippen LogP contribution < -0.4 is 4.87 Å². The Balaban J connectivity index is 2.27. The molecule has 0 bridgehead atoms. The highest BCUT2D eigenvalue weighted by Crippen LogP contribution is 2.00. The largest absolute Gasteiger partial charge is 0.334 e. The highest BCUT2D eigenvalue weighted by atomic mass is 32.1. The molecule has 2 rings (SSSR count). The van der Waals surface area contributed by atoms with E-state index in [1.807, 2.05) is 10.8 Å². The number of aryl methyl sites for hydroxylation is 1. The second kappa shape index (κ2) is 3.79. The lowest BCUT2D eigenvalue weighted by Gasteiger charge is -2.04. The average Bonchev–Trinajstić information content (AvgIpc) is 2.77. The van der Waals surface area contributed by atoms with E-state index < -0.39 is 0 Å². The molecule has 5 heteroatoms. The SMILES string of the molecule is CCn1ccnc1Cn1ccsc1=O. The molecule has 0 aliphatic carbocycles. The van der Waals surface area contributed by atoms with E-state index in [4.69, 9.17) is 0 Å². The summed E-state index contributed by atoms with van der Waals surface area (Å²) in [4.78, 5) is 15.6. The van der Waals surface area contributed by atoms with Gasteiger partial charge in [0.05, 0.1) is 6.54 Å². The molecule has 2 aromatic heterocycles. The Morgan fingerprint density at radius 3 is 2.93 bits per heavy atom. The Labute approximate surface area is 85.5 Å². The fourth-order valence-corrected chi connectivity index (χ4v) is 1.92. The molecule has 0 aliphatic heterocycles. The minimum atomic E-state index is 0.0654. The van der Waals surface area contributed by atoms with Crippen LogP contribution in [0.4, 0.5) is 0 Å². The number of nitrogens with zero attached hydrogens (tertiary/aromatic N) is 3. The van der Waals surface area contributed by atoms with Gasteiger partial charge in [0.25, 0.3) is 0 Å². The fourth-order valence-electron chi connectivity index (χ4n) is 1.34. The molecular formula is C9H11N3OS. The van der Waals surface area contributed by atoms with Gasteiger partial charge in [0.2, 0.25) is 0 Å². The number of hydrogen-bond donors (Lipinski definition) is 0. The summed E-state index contributed by atoms with van der Waals surface area (Å²) < 4.78 is 3.70. The van der Waals surface area contributed by atoms with E-state index in [9.17, 15) is 4.79 Å². The van der Waals surface area contributed by atoms with Crippen molar-refractivity contribution in [3.05, 3.63) is 39.5 Å². The van der Waals surface area contributed by atoms with Gasteiger partial charge in [0.15, 0.2) is 0 Å². The van der Waals surface area contributed by atoms with Crippen LogP contribution in [0.5, 0.6) is 0 Å². The van der Waals surface area contributed by atoms with Gasteiger partial charge >= 0.3 is 4.87 Å². The monoisotopic (exact) mass is 209 g/mol. The number of aromatic nitrogens is 3. The van der Waals surface area contributed by atoms with Crippen LogP contribution >= 0.6 is 11.3 Å². The van der Waals surface area contributed by atoms with Crippen molar-refractivity contribution in [2.45, 2.75) is 20.0 Å². The second-order valence-electron chi connectivity index (χ2n) is 2.93. The standard InChI is InChI=1S/C9H11N3OS/c1-2-11-4-3-10-8(11)7-12-5-6-14-9(12)13/h3-6H,2,7H2,1H3. The lowest BCUT2D eigenvalue weighted by Crippen LogP contribution is -2.15. The molecule has 74 valence electrons. The third kappa shape index (κ3) is 1.63. The molecule has 14 heavy (non-hydrogen) atoms. The molecule has 0 radical (unpaired) electrons. The van der Waals surface area contributed by atoms with Crippen molar-refractivity contribution in [1.82, 2.24) is 14.1 Å². The molecule has 0 N–H and O–H groups in total. The molecule has 0 fully saturated rings. The first-order valence-electron chi connectivity index (χ1n) is 4.45. The second-order valence-corrected chi connectivity index (χ2v) is 3.78. The lowest BCUT2D eigenvalue weighted by atomic mass is 10.5. The normalized spacial score (nSPS) is 10.6. The summed E-state index contributed by atoms with van der Waals surface area (Å²) in [5, 5.41) is 1.79. The van der Waals surface area contributed by atoms with E-state index in [1.54, 1.807) is 22.3 Å². The van der Waals surface area contributed by atoms with Crippen LogP contribution in [0.3, 0.4) is 0 Å². The molecule has 0 spiro atoms. The van der Waals surface area contributed by atoms with Crippen LogP contribution in [0.2, 0.25) is 0 Å². The Kier molecular flexibility index (Phi) is 2.49. The average molecular weight is 209 g/mol. The topological polar surface area (TPSA) is 39.8 Å². The van der Waals surface area contributed by atoms with E-state index in [0.717, 1.165) is 12.4 Å². The summed E-state index contributed by atoms with van der Waals surface area (Å²) in [6.45, 7) is 3.50. The van der Waals surface area contributed by atoms with E-state index in [2.05, 4.69) is 11.9 Å². The first kappa shape index (κ1) is 9.21. The maximum Gasteiger partial charge on any atom is 0.307 e. The third-order valence-corrected chi connectivity index (χ3v) is 2.79. The molecule has 0 saturated carbocycles. The van der Waals surface area contributed by atoms with Crippen LogP contribution in [0.25, 0.3) is 0 Å². The Hall–Kier alpha value is -1.36. The molecular weight excluding hydrogens is 198 g/mol. The predicted octanol–water partition coefficient (Wildman–Crippen LogP) is 1.17. The van der Waals surface area contributed by atoms with Gasteiger partial charge < -0.3 is 4.57 Å². The van der Waals surface area contributed by atoms with Crippen molar-refractivity contribution in [1.29, 1.82) is 0 Å². The molecule has 4 nitrogen and oxygen atoms in total. The van der Waals surface area contributed by atoms with Crippen LogP contribution in [0.1, 0.15) is 12.7 Å². The molecule has 2 aromatic rings. The van der Waals surface area contributed by atoms with Gasteiger partial charge in [-0.2, -0.15) is 0 Å². The zero-order valence-corrected chi connectivity index (χ0v) is 8.70. The predicted molar refractivity (Wildman–Crippen MR) is 55.6 cm³/mol. The van der Waals surface area contributed by atoms with Crippen molar-refractivity contribution in [2.24, 2.45) is 0 Å².